The highest BCUT2D eigenvalue weighted by atomic mass is 35.5. The number of aromatic nitrogens is 2. The van der Waals surface area contributed by atoms with E-state index in [1.165, 1.54) is 10.7 Å². The molecule has 0 saturated heterocycles. The lowest BCUT2D eigenvalue weighted by Crippen LogP contribution is -2.15. The smallest absolute Gasteiger partial charge is 0.294 e. The molecule has 6 nitrogen and oxygen atoms in total. The third-order valence-corrected chi connectivity index (χ3v) is 3.48. The molecule has 0 atom stereocenters. The minimum atomic E-state index is -0.483. The molecule has 1 aromatic carbocycles. The molecule has 0 unspecified atom stereocenters. The fourth-order valence-electron chi connectivity index (χ4n) is 2.13. The number of hydrogen-bond donors (Lipinski definition) is 1. The molecular weight excluding hydrogens is 294 g/mol. The van der Waals surface area contributed by atoms with Crippen molar-refractivity contribution >= 4 is 17.3 Å². The van der Waals surface area contributed by atoms with Gasteiger partial charge in [0.2, 0.25) is 0 Å². The second-order valence-corrected chi connectivity index (χ2v) is 6.04. The summed E-state index contributed by atoms with van der Waals surface area (Å²) < 4.78 is 1.31. The maximum Gasteiger partial charge on any atom is 0.294 e. The summed E-state index contributed by atoms with van der Waals surface area (Å²) in [6.45, 7) is 5.55. The minimum Gasteiger partial charge on any atom is -0.391 e. The van der Waals surface area contributed by atoms with Crippen LogP contribution in [-0.2, 0) is 12.0 Å². The van der Waals surface area contributed by atoms with Gasteiger partial charge in [0.15, 0.2) is 0 Å². The first-order valence-electron chi connectivity index (χ1n) is 6.40. The third kappa shape index (κ3) is 2.77. The quantitative estimate of drug-likeness (QED) is 0.697. The predicted molar refractivity (Wildman–Crippen MR) is 79.9 cm³/mol. The fourth-order valence-corrected chi connectivity index (χ4v) is 2.41. The third-order valence-electron chi connectivity index (χ3n) is 3.10. The number of nitrogens with zero attached hydrogens (tertiary/aromatic N) is 3. The number of nitro benzene ring substituents is 1. The van der Waals surface area contributed by atoms with E-state index in [1.54, 1.807) is 18.2 Å². The van der Waals surface area contributed by atoms with Gasteiger partial charge in [0.25, 0.3) is 5.69 Å². The van der Waals surface area contributed by atoms with Crippen molar-refractivity contribution in [2.75, 3.05) is 0 Å². The molecule has 1 aromatic heterocycles. The molecule has 1 N–H and O–H groups in total. The molecule has 0 bridgehead atoms. The molecule has 0 fully saturated rings. The summed E-state index contributed by atoms with van der Waals surface area (Å²) in [6, 6.07) is 6.22. The van der Waals surface area contributed by atoms with Crippen LogP contribution in [0.1, 0.15) is 32.0 Å². The van der Waals surface area contributed by atoms with Gasteiger partial charge in [-0.3, -0.25) is 10.1 Å². The van der Waals surface area contributed by atoms with E-state index in [0.29, 0.717) is 11.3 Å². The Bertz CT molecular complexity index is 689. The zero-order valence-electron chi connectivity index (χ0n) is 12.0. The normalized spacial score (nSPS) is 11.7. The lowest BCUT2D eigenvalue weighted by atomic mass is 9.90. The highest BCUT2D eigenvalue weighted by molar-refractivity contribution is 6.30. The Morgan fingerprint density at radius 2 is 2.00 bits per heavy atom. The maximum atomic E-state index is 11.1. The lowest BCUT2D eigenvalue weighted by molar-refractivity contribution is -0.384. The zero-order chi connectivity index (χ0) is 15.8. The van der Waals surface area contributed by atoms with E-state index in [4.69, 9.17) is 11.6 Å². The number of benzene rings is 1. The first-order chi connectivity index (χ1) is 9.77. The summed E-state index contributed by atoms with van der Waals surface area (Å²) >= 11 is 6.26. The standard InChI is InChI=1S/C14H16ClN3O3/c1-14(2,3)12-9(8-19)13(15)17(16-12)10-6-4-5-7-11(10)18(20)21/h4-7,19H,8H2,1-3H3. The predicted octanol–water partition coefficient (Wildman–Crippen LogP) is 3.22. The summed E-state index contributed by atoms with van der Waals surface area (Å²) in [6.07, 6.45) is 0. The molecule has 7 heteroatoms. The van der Waals surface area contributed by atoms with Crippen LogP contribution in [0, 0.1) is 10.1 Å². The van der Waals surface area contributed by atoms with Crippen LogP contribution in [0.4, 0.5) is 5.69 Å². The number of para-hydroxylation sites is 2. The van der Waals surface area contributed by atoms with Crippen molar-refractivity contribution in [2.24, 2.45) is 0 Å². The van der Waals surface area contributed by atoms with Crippen LogP contribution in [0.25, 0.3) is 5.69 Å². The monoisotopic (exact) mass is 309 g/mol. The number of halogens is 1. The van der Waals surface area contributed by atoms with Crippen molar-refractivity contribution in [3.8, 4) is 5.69 Å². The van der Waals surface area contributed by atoms with Crippen LogP contribution < -0.4 is 0 Å². The number of hydrogen-bond acceptors (Lipinski definition) is 4. The Balaban J connectivity index is 2.72. The molecule has 0 aliphatic rings. The van der Waals surface area contributed by atoms with E-state index in [0.717, 1.165) is 0 Å². The van der Waals surface area contributed by atoms with Gasteiger partial charge in [-0.25, -0.2) is 4.68 Å². The molecule has 0 radical (unpaired) electrons. The molecule has 0 spiro atoms. The molecule has 2 aromatic rings. The highest BCUT2D eigenvalue weighted by Crippen LogP contribution is 2.33. The highest BCUT2D eigenvalue weighted by Gasteiger charge is 2.28. The van der Waals surface area contributed by atoms with E-state index in [1.807, 2.05) is 20.8 Å². The van der Waals surface area contributed by atoms with Crippen molar-refractivity contribution in [1.82, 2.24) is 9.78 Å². The van der Waals surface area contributed by atoms with Crippen LogP contribution in [-0.4, -0.2) is 19.8 Å². The van der Waals surface area contributed by atoms with Crippen LogP contribution in [0.15, 0.2) is 24.3 Å². The average Bonchev–Trinajstić information content (AvgIpc) is 2.75. The largest absolute Gasteiger partial charge is 0.391 e. The van der Waals surface area contributed by atoms with Gasteiger partial charge >= 0.3 is 0 Å². The van der Waals surface area contributed by atoms with Gasteiger partial charge in [-0.05, 0) is 6.07 Å². The van der Waals surface area contributed by atoms with Crippen LogP contribution in [0.3, 0.4) is 0 Å². The number of nitro groups is 1. The molecule has 1 heterocycles. The number of rotatable bonds is 3. The first kappa shape index (κ1) is 15.5. The van der Waals surface area contributed by atoms with E-state index in [-0.39, 0.29) is 28.5 Å². The Hall–Kier alpha value is -1.92. The van der Waals surface area contributed by atoms with Gasteiger partial charge in [-0.15, -0.1) is 0 Å². The van der Waals surface area contributed by atoms with Crippen molar-refractivity contribution in [2.45, 2.75) is 32.8 Å². The van der Waals surface area contributed by atoms with Gasteiger partial charge in [0.1, 0.15) is 10.8 Å². The van der Waals surface area contributed by atoms with Gasteiger partial charge < -0.3 is 5.11 Å². The molecule has 112 valence electrons. The first-order valence-corrected chi connectivity index (χ1v) is 6.77. The summed E-state index contributed by atoms with van der Waals surface area (Å²) in [5.74, 6) is 0. The summed E-state index contributed by atoms with van der Waals surface area (Å²) in [5, 5.41) is 25.2. The molecule has 0 saturated carbocycles. The molecule has 0 amide bonds. The molecule has 2 rings (SSSR count). The SMILES string of the molecule is CC(C)(C)c1nn(-c2ccccc2[N+](=O)[O-])c(Cl)c1CO. The Morgan fingerprint density at radius 3 is 2.48 bits per heavy atom. The van der Waals surface area contributed by atoms with E-state index in [9.17, 15) is 15.2 Å². The molecule has 0 aliphatic heterocycles. The Morgan fingerprint density at radius 1 is 1.38 bits per heavy atom. The topological polar surface area (TPSA) is 81.2 Å². The maximum absolute atomic E-state index is 11.1. The lowest BCUT2D eigenvalue weighted by Gasteiger charge is -2.16. The second kappa shape index (κ2) is 5.46. The van der Waals surface area contributed by atoms with Gasteiger partial charge in [0.05, 0.1) is 17.2 Å². The summed E-state index contributed by atoms with van der Waals surface area (Å²) in [7, 11) is 0. The molecule has 0 aliphatic carbocycles. The van der Waals surface area contributed by atoms with E-state index < -0.39 is 4.92 Å². The van der Waals surface area contributed by atoms with Crippen molar-refractivity contribution < 1.29 is 10.0 Å². The van der Waals surface area contributed by atoms with Crippen LogP contribution >= 0.6 is 11.6 Å². The number of aliphatic hydroxyl groups excluding tert-OH is 1. The number of aliphatic hydroxyl groups is 1. The van der Waals surface area contributed by atoms with Crippen LogP contribution in [0.2, 0.25) is 5.15 Å². The summed E-state index contributed by atoms with van der Waals surface area (Å²) in [5.41, 5.74) is 0.955. The molecule has 21 heavy (non-hydrogen) atoms. The average molecular weight is 310 g/mol. The van der Waals surface area contributed by atoms with Crippen molar-refractivity contribution in [3.05, 3.63) is 50.8 Å². The minimum absolute atomic E-state index is 0.0909. The van der Waals surface area contributed by atoms with Crippen LogP contribution in [0.5, 0.6) is 0 Å². The van der Waals surface area contributed by atoms with Gasteiger partial charge in [-0.2, -0.15) is 5.10 Å². The van der Waals surface area contributed by atoms with E-state index in [2.05, 4.69) is 5.10 Å². The van der Waals surface area contributed by atoms with E-state index >= 15 is 0 Å². The fraction of sp³-hybridized carbons (Fsp3) is 0.357. The van der Waals surface area contributed by atoms with Crippen molar-refractivity contribution in [3.63, 3.8) is 0 Å². The Labute approximate surface area is 127 Å². The van der Waals surface area contributed by atoms with Crippen molar-refractivity contribution in [1.29, 1.82) is 0 Å². The zero-order valence-corrected chi connectivity index (χ0v) is 12.8. The second-order valence-electron chi connectivity index (χ2n) is 5.68. The van der Waals surface area contributed by atoms with Gasteiger partial charge in [0, 0.05) is 17.0 Å². The molecular formula is C14H16ClN3O3. The summed E-state index contributed by atoms with van der Waals surface area (Å²) in [4.78, 5) is 10.7. The van der Waals surface area contributed by atoms with Gasteiger partial charge in [-0.1, -0.05) is 44.5 Å². The Kier molecular flexibility index (Phi) is 4.02.